The summed E-state index contributed by atoms with van der Waals surface area (Å²) in [5.41, 5.74) is 1.79. The van der Waals surface area contributed by atoms with E-state index in [9.17, 15) is 9.59 Å². The van der Waals surface area contributed by atoms with Crippen molar-refractivity contribution in [2.24, 2.45) is 9.98 Å². The Labute approximate surface area is 93.7 Å². The molecule has 4 nitrogen and oxygen atoms in total. The molecule has 1 aromatic carbocycles. The second kappa shape index (κ2) is 5.76. The van der Waals surface area contributed by atoms with Gasteiger partial charge >= 0.3 is 0 Å². The largest absolute Gasteiger partial charge is 0.235 e. The summed E-state index contributed by atoms with van der Waals surface area (Å²) in [6, 6.07) is 6.99. The summed E-state index contributed by atoms with van der Waals surface area (Å²) in [5, 5.41) is 0. The number of hydrogen-bond acceptors (Lipinski definition) is 4. The number of hydrogen-bond donors (Lipinski definition) is 0. The molecule has 0 saturated carbocycles. The normalized spacial score (nSPS) is 13.1. The van der Waals surface area contributed by atoms with Crippen molar-refractivity contribution in [1.82, 2.24) is 0 Å². The maximum atomic E-state index is 10.1. The van der Waals surface area contributed by atoms with Crippen molar-refractivity contribution in [2.45, 2.75) is 25.9 Å². The fourth-order valence-electron chi connectivity index (χ4n) is 1.39. The van der Waals surface area contributed by atoms with E-state index in [-0.39, 0.29) is 12.1 Å². The van der Waals surface area contributed by atoms with Crippen LogP contribution in [0.5, 0.6) is 0 Å². The average Bonchev–Trinajstić information content (AvgIpc) is 2.30. The van der Waals surface area contributed by atoms with Crippen molar-refractivity contribution in [1.29, 1.82) is 0 Å². The van der Waals surface area contributed by atoms with E-state index in [1.54, 1.807) is 13.8 Å². The fraction of sp³-hybridized carbons (Fsp3) is 0.333. The highest BCUT2D eigenvalue weighted by atomic mass is 16.1. The van der Waals surface area contributed by atoms with Crippen LogP contribution in [0.2, 0.25) is 0 Å². The first kappa shape index (κ1) is 12.1. The molecule has 0 bridgehead atoms. The molecule has 82 valence electrons. The third-order valence-corrected chi connectivity index (χ3v) is 2.37. The molecule has 2 unspecified atom stereocenters. The summed E-state index contributed by atoms with van der Waals surface area (Å²) < 4.78 is 0. The molecule has 2 atom stereocenters. The highest BCUT2D eigenvalue weighted by Gasteiger charge is 2.07. The fourth-order valence-corrected chi connectivity index (χ4v) is 1.39. The molecule has 0 aliphatic rings. The first-order valence-electron chi connectivity index (χ1n) is 4.93. The zero-order chi connectivity index (χ0) is 12.0. The molecule has 0 fully saturated rings. The molecule has 16 heavy (non-hydrogen) atoms. The summed E-state index contributed by atoms with van der Waals surface area (Å²) >= 11 is 0. The Morgan fingerprint density at radius 2 is 1.44 bits per heavy atom. The summed E-state index contributed by atoms with van der Waals surface area (Å²) in [6.07, 6.45) is 3.06. The van der Waals surface area contributed by atoms with Gasteiger partial charge in [0.2, 0.25) is 12.2 Å². The van der Waals surface area contributed by atoms with Gasteiger partial charge in [-0.1, -0.05) is 24.3 Å². The van der Waals surface area contributed by atoms with Crippen molar-refractivity contribution in [2.75, 3.05) is 0 Å². The molecule has 0 heterocycles. The Hall–Kier alpha value is -2.02. The Morgan fingerprint density at radius 1 is 1.00 bits per heavy atom. The van der Waals surface area contributed by atoms with Crippen LogP contribution in [0.3, 0.4) is 0 Å². The van der Waals surface area contributed by atoms with Gasteiger partial charge in [0.15, 0.2) is 0 Å². The standard InChI is InChI=1S/C12H12N2O2/c1-9(13-7-15)11-4-3-5-12(6-11)10(2)14-8-16/h3-6,9-10H,1-2H3. The first-order chi connectivity index (χ1) is 7.69. The van der Waals surface area contributed by atoms with Crippen molar-refractivity contribution in [3.8, 4) is 0 Å². The van der Waals surface area contributed by atoms with Gasteiger partial charge in [-0.3, -0.25) is 0 Å². The summed E-state index contributed by atoms with van der Waals surface area (Å²) in [4.78, 5) is 27.6. The zero-order valence-corrected chi connectivity index (χ0v) is 9.18. The highest BCUT2D eigenvalue weighted by molar-refractivity contribution is 5.38. The van der Waals surface area contributed by atoms with Gasteiger partial charge in [-0.05, 0) is 25.0 Å². The van der Waals surface area contributed by atoms with Gasteiger partial charge in [0.1, 0.15) is 0 Å². The third-order valence-electron chi connectivity index (χ3n) is 2.37. The topological polar surface area (TPSA) is 58.9 Å². The zero-order valence-electron chi connectivity index (χ0n) is 9.18. The van der Waals surface area contributed by atoms with E-state index in [1.165, 1.54) is 12.2 Å². The van der Waals surface area contributed by atoms with Crippen LogP contribution >= 0.6 is 0 Å². The van der Waals surface area contributed by atoms with E-state index in [4.69, 9.17) is 0 Å². The van der Waals surface area contributed by atoms with Crippen molar-refractivity contribution in [3.05, 3.63) is 35.4 Å². The van der Waals surface area contributed by atoms with Crippen molar-refractivity contribution < 1.29 is 9.59 Å². The Morgan fingerprint density at radius 3 is 1.81 bits per heavy atom. The Kier molecular flexibility index (Phi) is 4.34. The lowest BCUT2D eigenvalue weighted by Crippen LogP contribution is -1.94. The molecule has 0 N–H and O–H groups in total. The van der Waals surface area contributed by atoms with Gasteiger partial charge in [0.05, 0.1) is 12.1 Å². The van der Waals surface area contributed by atoms with E-state index in [1.807, 2.05) is 24.3 Å². The summed E-state index contributed by atoms with van der Waals surface area (Å²) in [6.45, 7) is 3.61. The lowest BCUT2D eigenvalue weighted by atomic mass is 10.0. The molecule has 4 heteroatoms. The van der Waals surface area contributed by atoms with E-state index < -0.39 is 0 Å². The van der Waals surface area contributed by atoms with Gasteiger partial charge in [-0.2, -0.15) is 9.98 Å². The minimum absolute atomic E-state index is 0.232. The minimum Gasteiger partial charge on any atom is -0.211 e. The van der Waals surface area contributed by atoms with Crippen molar-refractivity contribution >= 4 is 12.2 Å². The van der Waals surface area contributed by atoms with Crippen LogP contribution in [-0.2, 0) is 9.59 Å². The Balaban J connectivity index is 3.03. The SMILES string of the molecule is CC(N=C=O)c1cccc(C(C)N=C=O)c1. The molecule has 0 amide bonds. The number of carbonyl (C=O) groups excluding carboxylic acids is 2. The predicted octanol–water partition coefficient (Wildman–Crippen LogP) is 2.48. The number of benzene rings is 1. The highest BCUT2D eigenvalue weighted by Crippen LogP contribution is 2.22. The van der Waals surface area contributed by atoms with Gasteiger partial charge in [0, 0.05) is 0 Å². The third kappa shape index (κ3) is 2.99. The molecule has 1 rings (SSSR count). The number of rotatable bonds is 4. The van der Waals surface area contributed by atoms with Crippen molar-refractivity contribution in [3.63, 3.8) is 0 Å². The van der Waals surface area contributed by atoms with E-state index in [0.717, 1.165) is 11.1 Å². The summed E-state index contributed by atoms with van der Waals surface area (Å²) in [5.74, 6) is 0. The van der Waals surface area contributed by atoms with Crippen LogP contribution in [0, 0.1) is 0 Å². The minimum atomic E-state index is -0.232. The van der Waals surface area contributed by atoms with Gasteiger partial charge in [-0.25, -0.2) is 9.59 Å². The average molecular weight is 216 g/mol. The van der Waals surface area contributed by atoms with Gasteiger partial charge in [0.25, 0.3) is 0 Å². The van der Waals surface area contributed by atoms with Gasteiger partial charge in [-0.15, -0.1) is 0 Å². The number of nitrogens with zero attached hydrogens (tertiary/aromatic N) is 2. The quantitative estimate of drug-likeness (QED) is 0.573. The molecular formula is C12H12N2O2. The smallest absolute Gasteiger partial charge is 0.211 e. The second-order valence-corrected chi connectivity index (χ2v) is 3.46. The maximum Gasteiger partial charge on any atom is 0.235 e. The van der Waals surface area contributed by atoms with Gasteiger partial charge < -0.3 is 0 Å². The van der Waals surface area contributed by atoms with Crippen LogP contribution < -0.4 is 0 Å². The Bertz CT molecular complexity index is 419. The van der Waals surface area contributed by atoms with Crippen LogP contribution in [0.15, 0.2) is 34.3 Å². The van der Waals surface area contributed by atoms with Crippen LogP contribution in [0.4, 0.5) is 0 Å². The second-order valence-electron chi connectivity index (χ2n) is 3.46. The molecule has 0 aliphatic carbocycles. The lowest BCUT2D eigenvalue weighted by molar-refractivity contribution is 0.559. The predicted molar refractivity (Wildman–Crippen MR) is 59.5 cm³/mol. The first-order valence-corrected chi connectivity index (χ1v) is 4.93. The number of isocyanates is 2. The molecule has 0 radical (unpaired) electrons. The number of aliphatic imine (C=N–C) groups is 2. The molecular weight excluding hydrogens is 204 g/mol. The van der Waals surface area contributed by atoms with Crippen LogP contribution in [0.25, 0.3) is 0 Å². The van der Waals surface area contributed by atoms with Crippen LogP contribution in [-0.4, -0.2) is 12.2 Å². The molecule has 0 saturated heterocycles. The van der Waals surface area contributed by atoms with E-state index >= 15 is 0 Å². The lowest BCUT2D eigenvalue weighted by Gasteiger charge is -2.09. The van der Waals surface area contributed by atoms with Crippen LogP contribution in [0.1, 0.15) is 37.1 Å². The maximum absolute atomic E-state index is 10.1. The molecule has 0 spiro atoms. The summed E-state index contributed by atoms with van der Waals surface area (Å²) in [7, 11) is 0. The molecule has 0 aromatic heterocycles. The van der Waals surface area contributed by atoms with E-state index in [0.29, 0.717) is 0 Å². The molecule has 1 aromatic rings. The monoisotopic (exact) mass is 216 g/mol. The van der Waals surface area contributed by atoms with E-state index in [2.05, 4.69) is 9.98 Å². The molecule has 0 aliphatic heterocycles.